The van der Waals surface area contributed by atoms with Crippen LogP contribution in [0.25, 0.3) is 5.57 Å². The van der Waals surface area contributed by atoms with Gasteiger partial charge in [-0.1, -0.05) is 71.0 Å². The van der Waals surface area contributed by atoms with Crippen LogP contribution in [-0.4, -0.2) is 25.6 Å². The van der Waals surface area contributed by atoms with Crippen molar-refractivity contribution in [3.63, 3.8) is 0 Å². The third kappa shape index (κ3) is 4.01. The van der Waals surface area contributed by atoms with E-state index in [-0.39, 0.29) is 24.0 Å². The van der Waals surface area contributed by atoms with Gasteiger partial charge in [0.1, 0.15) is 0 Å². The van der Waals surface area contributed by atoms with Crippen LogP contribution in [0, 0.1) is 11.8 Å². The Labute approximate surface area is 149 Å². The highest BCUT2D eigenvalue weighted by molar-refractivity contribution is 6.73. The monoisotopic (exact) mass is 346 g/mol. The molecule has 0 bridgehead atoms. The van der Waals surface area contributed by atoms with E-state index in [0.717, 1.165) is 24.6 Å². The fourth-order valence-electron chi connectivity index (χ4n) is 3.99. The normalized spacial score (nSPS) is 28.3. The zero-order valence-electron chi connectivity index (χ0n) is 16.0. The molecule has 0 aliphatic heterocycles. The SMILES string of the molecule is CC[Si](CC)(CC)OC1CC=C(c2ccccc2)[C@H](C)[C@@H](O)[C@H]1C. The van der Waals surface area contributed by atoms with Crippen LogP contribution in [0.2, 0.25) is 18.1 Å². The van der Waals surface area contributed by atoms with Crippen molar-refractivity contribution in [2.24, 2.45) is 11.8 Å². The van der Waals surface area contributed by atoms with E-state index in [1.54, 1.807) is 0 Å². The van der Waals surface area contributed by atoms with Crippen molar-refractivity contribution < 1.29 is 9.53 Å². The maximum Gasteiger partial charge on any atom is 0.192 e. The highest BCUT2D eigenvalue weighted by atomic mass is 28.4. The zero-order chi connectivity index (χ0) is 17.7. The van der Waals surface area contributed by atoms with Gasteiger partial charge in [-0.3, -0.25) is 0 Å². The summed E-state index contributed by atoms with van der Waals surface area (Å²) in [5.41, 5.74) is 2.49. The minimum absolute atomic E-state index is 0.134. The van der Waals surface area contributed by atoms with Gasteiger partial charge in [0, 0.05) is 11.8 Å². The first-order chi connectivity index (χ1) is 11.5. The van der Waals surface area contributed by atoms with Crippen LogP contribution in [-0.2, 0) is 4.43 Å². The van der Waals surface area contributed by atoms with Gasteiger partial charge in [0.2, 0.25) is 0 Å². The molecule has 24 heavy (non-hydrogen) atoms. The van der Waals surface area contributed by atoms with E-state index in [4.69, 9.17) is 4.43 Å². The summed E-state index contributed by atoms with van der Waals surface area (Å²) in [4.78, 5) is 0. The lowest BCUT2D eigenvalue weighted by Gasteiger charge is -2.37. The Morgan fingerprint density at radius 1 is 1.04 bits per heavy atom. The quantitative estimate of drug-likeness (QED) is 0.689. The molecule has 4 atom stereocenters. The van der Waals surface area contributed by atoms with Crippen molar-refractivity contribution in [2.75, 3.05) is 0 Å². The van der Waals surface area contributed by atoms with E-state index in [2.05, 4.69) is 65.0 Å². The molecule has 1 aromatic rings. The fraction of sp³-hybridized carbons (Fsp3) is 0.619. The first-order valence-corrected chi connectivity index (χ1v) is 12.1. The smallest absolute Gasteiger partial charge is 0.192 e. The second kappa shape index (κ2) is 8.46. The van der Waals surface area contributed by atoms with E-state index in [0.29, 0.717) is 0 Å². The van der Waals surface area contributed by atoms with E-state index in [1.165, 1.54) is 11.1 Å². The molecule has 2 nitrogen and oxygen atoms in total. The first kappa shape index (κ1) is 19.4. The molecule has 1 aromatic carbocycles. The molecule has 1 aliphatic rings. The van der Waals surface area contributed by atoms with Crippen LogP contribution in [0.4, 0.5) is 0 Å². The molecule has 134 valence electrons. The van der Waals surface area contributed by atoms with Crippen LogP contribution in [0.15, 0.2) is 36.4 Å². The summed E-state index contributed by atoms with van der Waals surface area (Å²) < 4.78 is 6.76. The van der Waals surface area contributed by atoms with Crippen molar-refractivity contribution in [2.45, 2.75) is 71.4 Å². The van der Waals surface area contributed by atoms with Crippen molar-refractivity contribution in [3.05, 3.63) is 42.0 Å². The van der Waals surface area contributed by atoms with Crippen LogP contribution < -0.4 is 0 Å². The standard InChI is InChI=1S/C21H34O2Si/c1-6-24(7-2,8-3)23-20-15-14-19(16(4)21(22)17(20)5)18-12-10-9-11-13-18/h9-14,16-17,20-22H,6-8,15H2,1-5H3/t16-,17-,20?,21+/m0/s1. The number of benzene rings is 1. The molecule has 2 rings (SSSR count). The van der Waals surface area contributed by atoms with Gasteiger partial charge in [-0.05, 0) is 35.7 Å². The van der Waals surface area contributed by atoms with Gasteiger partial charge in [-0.25, -0.2) is 0 Å². The predicted molar refractivity (Wildman–Crippen MR) is 105 cm³/mol. The molecule has 1 N–H and O–H groups in total. The second-order valence-corrected chi connectivity index (χ2v) is 12.0. The maximum atomic E-state index is 10.9. The van der Waals surface area contributed by atoms with Crippen molar-refractivity contribution >= 4 is 13.9 Å². The summed E-state index contributed by atoms with van der Waals surface area (Å²) >= 11 is 0. The average molecular weight is 347 g/mol. The summed E-state index contributed by atoms with van der Waals surface area (Å²) in [6.45, 7) is 11.1. The first-order valence-electron chi connectivity index (χ1n) is 9.59. The molecule has 0 aromatic heterocycles. The molecule has 0 spiro atoms. The van der Waals surface area contributed by atoms with E-state index < -0.39 is 8.32 Å². The predicted octanol–water partition coefficient (Wildman–Crippen LogP) is 5.50. The summed E-state index contributed by atoms with van der Waals surface area (Å²) in [6, 6.07) is 13.9. The van der Waals surface area contributed by atoms with Gasteiger partial charge in [0.15, 0.2) is 8.32 Å². The highest BCUT2D eigenvalue weighted by Gasteiger charge is 2.38. The summed E-state index contributed by atoms with van der Waals surface area (Å²) in [5.74, 6) is 0.297. The van der Waals surface area contributed by atoms with Crippen LogP contribution in [0.1, 0.15) is 46.6 Å². The van der Waals surface area contributed by atoms with Crippen molar-refractivity contribution in [3.8, 4) is 0 Å². The van der Waals surface area contributed by atoms with Gasteiger partial charge < -0.3 is 9.53 Å². The van der Waals surface area contributed by atoms with Crippen LogP contribution in [0.5, 0.6) is 0 Å². The Kier molecular flexibility index (Phi) is 6.85. The number of aliphatic hydroxyl groups excluding tert-OH is 1. The molecular formula is C21H34O2Si. The molecule has 0 fully saturated rings. The lowest BCUT2D eigenvalue weighted by molar-refractivity contribution is 0.0181. The zero-order valence-corrected chi connectivity index (χ0v) is 17.0. The molecule has 0 amide bonds. The minimum Gasteiger partial charge on any atom is -0.413 e. The summed E-state index contributed by atoms with van der Waals surface area (Å²) in [7, 11) is -1.66. The van der Waals surface area contributed by atoms with E-state index in [1.807, 2.05) is 6.07 Å². The van der Waals surface area contributed by atoms with E-state index >= 15 is 0 Å². The molecule has 0 saturated heterocycles. The molecule has 0 radical (unpaired) electrons. The van der Waals surface area contributed by atoms with Crippen molar-refractivity contribution in [1.82, 2.24) is 0 Å². The molecule has 3 heteroatoms. The Morgan fingerprint density at radius 2 is 1.62 bits per heavy atom. The molecular weight excluding hydrogens is 312 g/mol. The van der Waals surface area contributed by atoms with Gasteiger partial charge in [0.05, 0.1) is 12.2 Å². The summed E-state index contributed by atoms with van der Waals surface area (Å²) in [6.07, 6.45) is 3.00. The Balaban J connectivity index is 2.28. The number of rotatable bonds is 6. The maximum absolute atomic E-state index is 10.9. The molecule has 0 heterocycles. The largest absolute Gasteiger partial charge is 0.413 e. The second-order valence-electron chi connectivity index (χ2n) is 7.30. The van der Waals surface area contributed by atoms with Gasteiger partial charge in [-0.2, -0.15) is 0 Å². The van der Waals surface area contributed by atoms with Gasteiger partial charge >= 0.3 is 0 Å². The average Bonchev–Trinajstić information content (AvgIpc) is 2.73. The third-order valence-electron chi connectivity index (χ3n) is 6.14. The van der Waals surface area contributed by atoms with Gasteiger partial charge in [-0.15, -0.1) is 0 Å². The number of aliphatic hydroxyl groups is 1. The van der Waals surface area contributed by atoms with E-state index in [9.17, 15) is 5.11 Å². The molecule has 0 saturated carbocycles. The third-order valence-corrected chi connectivity index (χ3v) is 10.8. The Bertz CT molecular complexity index is 528. The van der Waals surface area contributed by atoms with Crippen LogP contribution >= 0.6 is 0 Å². The minimum atomic E-state index is -1.66. The number of hydrogen-bond donors (Lipinski definition) is 1. The Morgan fingerprint density at radius 3 is 2.17 bits per heavy atom. The fourth-order valence-corrected chi connectivity index (χ4v) is 6.94. The summed E-state index contributed by atoms with van der Waals surface area (Å²) in [5, 5.41) is 10.9. The lowest BCUT2D eigenvalue weighted by Crippen LogP contribution is -2.44. The molecule has 1 unspecified atom stereocenters. The lowest BCUT2D eigenvalue weighted by atomic mass is 9.85. The number of hydrogen-bond acceptors (Lipinski definition) is 2. The molecule has 1 aliphatic carbocycles. The Hall–Kier alpha value is -0.903. The highest BCUT2D eigenvalue weighted by Crippen LogP contribution is 2.37. The van der Waals surface area contributed by atoms with Crippen LogP contribution in [0.3, 0.4) is 0 Å². The van der Waals surface area contributed by atoms with Gasteiger partial charge in [0.25, 0.3) is 0 Å². The van der Waals surface area contributed by atoms with Crippen molar-refractivity contribution in [1.29, 1.82) is 0 Å². The topological polar surface area (TPSA) is 29.5 Å².